The van der Waals surface area contributed by atoms with Crippen LogP contribution in [0.4, 0.5) is 0 Å². The summed E-state index contributed by atoms with van der Waals surface area (Å²) >= 11 is 1.10. The van der Waals surface area contributed by atoms with Crippen molar-refractivity contribution in [2.24, 2.45) is 0 Å². The SMILES string of the molecule is CC(=O)CC1CCCN1C(=O)c1cnns1. The van der Waals surface area contributed by atoms with Crippen LogP contribution >= 0.6 is 11.5 Å². The normalized spacial score (nSPS) is 20.1. The molecule has 6 heteroatoms. The minimum atomic E-state index is -0.0428. The molecule has 1 saturated heterocycles. The van der Waals surface area contributed by atoms with E-state index in [0.717, 1.165) is 30.9 Å². The van der Waals surface area contributed by atoms with Gasteiger partial charge in [0.05, 0.1) is 6.20 Å². The second-order valence-electron chi connectivity index (χ2n) is 3.98. The lowest BCUT2D eigenvalue weighted by molar-refractivity contribution is -0.117. The summed E-state index contributed by atoms with van der Waals surface area (Å²) in [5.74, 6) is 0.0888. The van der Waals surface area contributed by atoms with Crippen molar-refractivity contribution in [2.45, 2.75) is 32.2 Å². The number of carbonyl (C=O) groups excluding carboxylic acids is 2. The molecule has 1 unspecified atom stereocenters. The molecule has 0 aromatic carbocycles. The van der Waals surface area contributed by atoms with Gasteiger partial charge < -0.3 is 4.90 Å². The van der Waals surface area contributed by atoms with Crippen LogP contribution in [-0.4, -0.2) is 38.8 Å². The van der Waals surface area contributed by atoms with Gasteiger partial charge in [0.25, 0.3) is 5.91 Å². The molecule has 1 fully saturated rings. The van der Waals surface area contributed by atoms with Crippen LogP contribution in [0.15, 0.2) is 6.20 Å². The first-order chi connectivity index (χ1) is 7.68. The van der Waals surface area contributed by atoms with Gasteiger partial charge in [0, 0.05) is 19.0 Å². The molecule has 0 N–H and O–H groups in total. The van der Waals surface area contributed by atoms with Crippen molar-refractivity contribution in [1.82, 2.24) is 14.5 Å². The second-order valence-corrected chi connectivity index (χ2v) is 4.77. The van der Waals surface area contributed by atoms with E-state index < -0.39 is 0 Å². The molecule has 2 rings (SSSR count). The maximum atomic E-state index is 12.0. The zero-order chi connectivity index (χ0) is 11.5. The van der Waals surface area contributed by atoms with Gasteiger partial charge in [0.1, 0.15) is 10.7 Å². The monoisotopic (exact) mass is 239 g/mol. The average molecular weight is 239 g/mol. The minimum absolute atomic E-state index is 0.0428. The fraction of sp³-hybridized carbons (Fsp3) is 0.600. The molecule has 2 heterocycles. The van der Waals surface area contributed by atoms with Crippen molar-refractivity contribution < 1.29 is 9.59 Å². The Kier molecular flexibility index (Phi) is 3.28. The molecule has 1 aliphatic heterocycles. The Balaban J connectivity index is 2.08. The standard InChI is InChI=1S/C10H13N3O2S/c1-7(14)5-8-3-2-4-13(8)10(15)9-6-11-12-16-9/h6,8H,2-5H2,1H3. The van der Waals surface area contributed by atoms with Gasteiger partial charge >= 0.3 is 0 Å². The topological polar surface area (TPSA) is 63.2 Å². The number of Topliss-reactive ketones (excluding diaryl/α,β-unsaturated/α-hetero) is 1. The molecule has 16 heavy (non-hydrogen) atoms. The van der Waals surface area contributed by atoms with E-state index in [9.17, 15) is 9.59 Å². The van der Waals surface area contributed by atoms with Crippen LogP contribution < -0.4 is 0 Å². The number of likely N-dealkylation sites (tertiary alicyclic amines) is 1. The van der Waals surface area contributed by atoms with Crippen molar-refractivity contribution in [3.8, 4) is 0 Å². The molecule has 1 atom stereocenters. The van der Waals surface area contributed by atoms with Gasteiger partial charge in [0.15, 0.2) is 0 Å². The minimum Gasteiger partial charge on any atom is -0.334 e. The van der Waals surface area contributed by atoms with Crippen LogP contribution in [0.3, 0.4) is 0 Å². The lowest BCUT2D eigenvalue weighted by Crippen LogP contribution is -2.36. The highest BCUT2D eigenvalue weighted by Gasteiger charge is 2.30. The Hall–Kier alpha value is -1.30. The first-order valence-electron chi connectivity index (χ1n) is 5.26. The Morgan fingerprint density at radius 2 is 2.44 bits per heavy atom. The van der Waals surface area contributed by atoms with Crippen LogP contribution in [0.2, 0.25) is 0 Å². The van der Waals surface area contributed by atoms with Crippen molar-refractivity contribution in [3.63, 3.8) is 0 Å². The van der Waals surface area contributed by atoms with Crippen LogP contribution in [0.1, 0.15) is 35.9 Å². The molecule has 1 aromatic heterocycles. The third-order valence-electron chi connectivity index (χ3n) is 2.73. The summed E-state index contributed by atoms with van der Waals surface area (Å²) in [4.78, 5) is 25.5. The molecule has 5 nitrogen and oxygen atoms in total. The van der Waals surface area contributed by atoms with E-state index in [1.807, 2.05) is 0 Å². The van der Waals surface area contributed by atoms with Gasteiger partial charge in [-0.25, -0.2) is 0 Å². The Labute approximate surface area is 97.6 Å². The largest absolute Gasteiger partial charge is 0.334 e. The third-order valence-corrected chi connectivity index (χ3v) is 3.39. The van der Waals surface area contributed by atoms with Crippen LogP contribution in [0.25, 0.3) is 0 Å². The van der Waals surface area contributed by atoms with Gasteiger partial charge in [-0.1, -0.05) is 4.49 Å². The van der Waals surface area contributed by atoms with Crippen molar-refractivity contribution in [1.29, 1.82) is 0 Å². The molecule has 0 saturated carbocycles. The summed E-state index contributed by atoms with van der Waals surface area (Å²) in [5.41, 5.74) is 0. The van der Waals surface area contributed by atoms with Gasteiger partial charge in [-0.3, -0.25) is 9.59 Å². The summed E-state index contributed by atoms with van der Waals surface area (Å²) in [6.07, 6.45) is 3.82. The van der Waals surface area contributed by atoms with E-state index in [4.69, 9.17) is 0 Å². The molecule has 1 amide bonds. The van der Waals surface area contributed by atoms with Gasteiger partial charge in [-0.2, -0.15) is 0 Å². The maximum Gasteiger partial charge on any atom is 0.267 e. The number of ketones is 1. The molecule has 1 aromatic rings. The van der Waals surface area contributed by atoms with Crippen molar-refractivity contribution in [3.05, 3.63) is 11.1 Å². The lowest BCUT2D eigenvalue weighted by Gasteiger charge is -2.22. The quantitative estimate of drug-likeness (QED) is 0.793. The Bertz CT molecular complexity index is 391. The number of amides is 1. The highest BCUT2D eigenvalue weighted by atomic mass is 32.1. The number of hydrogen-bond donors (Lipinski definition) is 0. The summed E-state index contributed by atoms with van der Waals surface area (Å²) in [6.45, 7) is 2.30. The summed E-state index contributed by atoms with van der Waals surface area (Å²) in [6, 6.07) is 0.0621. The molecule has 0 spiro atoms. The van der Waals surface area contributed by atoms with E-state index in [1.165, 1.54) is 6.20 Å². The number of rotatable bonds is 3. The fourth-order valence-electron chi connectivity index (χ4n) is 2.05. The zero-order valence-electron chi connectivity index (χ0n) is 9.05. The number of hydrogen-bond acceptors (Lipinski definition) is 5. The molecule has 0 aliphatic carbocycles. The second kappa shape index (κ2) is 4.69. The molecule has 86 valence electrons. The van der Waals surface area contributed by atoms with Crippen molar-refractivity contribution in [2.75, 3.05) is 6.54 Å². The van der Waals surface area contributed by atoms with E-state index in [-0.39, 0.29) is 17.7 Å². The van der Waals surface area contributed by atoms with E-state index >= 15 is 0 Å². The molecule has 0 radical (unpaired) electrons. The van der Waals surface area contributed by atoms with Crippen molar-refractivity contribution >= 4 is 23.2 Å². The number of aromatic nitrogens is 2. The van der Waals surface area contributed by atoms with Crippen LogP contribution in [0.5, 0.6) is 0 Å². The highest BCUT2D eigenvalue weighted by Crippen LogP contribution is 2.23. The van der Waals surface area contributed by atoms with E-state index in [1.54, 1.807) is 11.8 Å². The summed E-state index contributed by atoms with van der Waals surface area (Å²) < 4.78 is 3.68. The molecule has 0 bridgehead atoms. The first kappa shape index (κ1) is 11.2. The predicted molar refractivity (Wildman–Crippen MR) is 59.3 cm³/mol. The zero-order valence-corrected chi connectivity index (χ0v) is 9.87. The Morgan fingerprint density at radius 3 is 3.06 bits per heavy atom. The molecule has 1 aliphatic rings. The average Bonchev–Trinajstić information content (AvgIpc) is 2.84. The molecular formula is C10H13N3O2S. The third kappa shape index (κ3) is 2.27. The number of nitrogens with zero attached hydrogens (tertiary/aromatic N) is 3. The number of carbonyl (C=O) groups is 2. The molecular weight excluding hydrogens is 226 g/mol. The predicted octanol–water partition coefficient (Wildman–Crippen LogP) is 1.12. The Morgan fingerprint density at radius 1 is 1.62 bits per heavy atom. The first-order valence-corrected chi connectivity index (χ1v) is 6.03. The highest BCUT2D eigenvalue weighted by molar-refractivity contribution is 7.07. The van der Waals surface area contributed by atoms with E-state index in [2.05, 4.69) is 9.59 Å². The summed E-state index contributed by atoms with van der Waals surface area (Å²) in [7, 11) is 0. The smallest absolute Gasteiger partial charge is 0.267 e. The van der Waals surface area contributed by atoms with Gasteiger partial charge in [0.2, 0.25) is 0 Å². The van der Waals surface area contributed by atoms with Gasteiger partial charge in [-0.05, 0) is 31.3 Å². The summed E-state index contributed by atoms with van der Waals surface area (Å²) in [5, 5.41) is 3.65. The van der Waals surface area contributed by atoms with Crippen LogP contribution in [-0.2, 0) is 4.79 Å². The van der Waals surface area contributed by atoms with Gasteiger partial charge in [-0.15, -0.1) is 5.10 Å². The van der Waals surface area contributed by atoms with Crippen LogP contribution in [0, 0.1) is 0 Å². The lowest BCUT2D eigenvalue weighted by atomic mass is 10.1. The maximum absolute atomic E-state index is 12.0. The van der Waals surface area contributed by atoms with E-state index in [0.29, 0.717) is 11.3 Å². The fourth-order valence-corrected chi connectivity index (χ4v) is 2.52.